The highest BCUT2D eigenvalue weighted by Crippen LogP contribution is 2.07. The van der Waals surface area contributed by atoms with Crippen molar-refractivity contribution in [3.63, 3.8) is 0 Å². The topological polar surface area (TPSA) is 84.2 Å². The third-order valence-electron chi connectivity index (χ3n) is 2.94. The van der Waals surface area contributed by atoms with Crippen LogP contribution in [0.1, 0.15) is 31.7 Å². The zero-order valence-corrected chi connectivity index (χ0v) is 11.8. The molecule has 1 unspecified atom stereocenters. The number of aromatic nitrogens is 2. The van der Waals surface area contributed by atoms with Gasteiger partial charge >= 0.3 is 5.97 Å². The molecule has 0 saturated heterocycles. The molecule has 1 aromatic rings. The third kappa shape index (κ3) is 4.73. The maximum absolute atomic E-state index is 11.9. The van der Waals surface area contributed by atoms with Gasteiger partial charge in [0.25, 0.3) is 0 Å². The number of hydrogen-bond donors (Lipinski definition) is 2. The Bertz CT molecular complexity index is 466. The Morgan fingerprint density at radius 1 is 1.42 bits per heavy atom. The van der Waals surface area contributed by atoms with Crippen LogP contribution in [0.2, 0.25) is 0 Å². The summed E-state index contributed by atoms with van der Waals surface area (Å²) in [6, 6.07) is 1.53. The maximum Gasteiger partial charge on any atom is 0.305 e. The van der Waals surface area contributed by atoms with E-state index in [9.17, 15) is 9.59 Å². The van der Waals surface area contributed by atoms with E-state index in [0.29, 0.717) is 0 Å². The number of carbonyl (C=O) groups is 2. The molecule has 1 amide bonds. The van der Waals surface area contributed by atoms with Crippen molar-refractivity contribution in [2.45, 2.75) is 46.7 Å². The molecule has 6 nitrogen and oxygen atoms in total. The van der Waals surface area contributed by atoms with Gasteiger partial charge in [0.1, 0.15) is 6.54 Å². The van der Waals surface area contributed by atoms with Crippen molar-refractivity contribution in [3.05, 3.63) is 17.5 Å². The van der Waals surface area contributed by atoms with E-state index in [2.05, 4.69) is 10.4 Å². The largest absolute Gasteiger partial charge is 0.481 e. The van der Waals surface area contributed by atoms with Gasteiger partial charge < -0.3 is 10.4 Å². The van der Waals surface area contributed by atoms with Crippen LogP contribution in [0.25, 0.3) is 0 Å². The van der Waals surface area contributed by atoms with E-state index >= 15 is 0 Å². The molecule has 1 atom stereocenters. The minimum atomic E-state index is -0.912. The first-order valence-corrected chi connectivity index (χ1v) is 6.31. The molecule has 0 aromatic carbocycles. The SMILES string of the molecule is Cc1cc(C)n(CC(=O)NC(CC(=O)O)C(C)C)n1. The molecule has 0 aliphatic heterocycles. The molecular formula is C13H21N3O3. The Balaban J connectivity index is 2.62. The number of aliphatic carboxylic acids is 1. The van der Waals surface area contributed by atoms with Crippen LogP contribution in [0.4, 0.5) is 0 Å². The molecular weight excluding hydrogens is 246 g/mol. The zero-order valence-electron chi connectivity index (χ0n) is 11.8. The van der Waals surface area contributed by atoms with E-state index in [-0.39, 0.29) is 30.8 Å². The normalized spacial score (nSPS) is 12.5. The number of amides is 1. The number of aryl methyl sites for hydroxylation is 2. The van der Waals surface area contributed by atoms with Crippen LogP contribution < -0.4 is 5.32 Å². The summed E-state index contributed by atoms with van der Waals surface area (Å²) in [4.78, 5) is 22.6. The molecule has 106 valence electrons. The first-order chi connectivity index (χ1) is 8.79. The second-order valence-corrected chi connectivity index (χ2v) is 5.10. The standard InChI is InChI=1S/C13H21N3O3/c1-8(2)11(6-13(18)19)14-12(17)7-16-10(4)5-9(3)15-16/h5,8,11H,6-7H2,1-4H3,(H,14,17)(H,18,19). The quantitative estimate of drug-likeness (QED) is 0.808. The second-order valence-electron chi connectivity index (χ2n) is 5.10. The second kappa shape index (κ2) is 6.36. The Morgan fingerprint density at radius 3 is 2.47 bits per heavy atom. The number of hydrogen-bond acceptors (Lipinski definition) is 3. The molecule has 2 N–H and O–H groups in total. The van der Waals surface area contributed by atoms with E-state index in [4.69, 9.17) is 5.11 Å². The molecule has 0 aliphatic rings. The first-order valence-electron chi connectivity index (χ1n) is 6.31. The average molecular weight is 267 g/mol. The average Bonchev–Trinajstić information content (AvgIpc) is 2.55. The highest BCUT2D eigenvalue weighted by Gasteiger charge is 2.19. The van der Waals surface area contributed by atoms with E-state index in [0.717, 1.165) is 11.4 Å². The highest BCUT2D eigenvalue weighted by molar-refractivity contribution is 5.77. The summed E-state index contributed by atoms with van der Waals surface area (Å²) in [6.07, 6.45) is -0.0689. The van der Waals surface area contributed by atoms with E-state index < -0.39 is 5.97 Å². The minimum absolute atomic E-state index is 0.0689. The molecule has 1 aromatic heterocycles. The summed E-state index contributed by atoms with van der Waals surface area (Å²) in [6.45, 7) is 7.63. The third-order valence-corrected chi connectivity index (χ3v) is 2.94. The lowest BCUT2D eigenvalue weighted by molar-refractivity contribution is -0.138. The van der Waals surface area contributed by atoms with Crippen molar-refractivity contribution in [2.24, 2.45) is 5.92 Å². The maximum atomic E-state index is 11.9. The van der Waals surface area contributed by atoms with E-state index in [1.165, 1.54) is 0 Å². The molecule has 0 aliphatic carbocycles. The number of rotatable bonds is 6. The van der Waals surface area contributed by atoms with Crippen LogP contribution in [0, 0.1) is 19.8 Å². The van der Waals surface area contributed by atoms with Crippen LogP contribution in [0.15, 0.2) is 6.07 Å². The van der Waals surface area contributed by atoms with Gasteiger partial charge in [0.15, 0.2) is 0 Å². The number of nitrogens with zero attached hydrogens (tertiary/aromatic N) is 2. The Kier molecular flexibility index (Phi) is 5.09. The first kappa shape index (κ1) is 15.2. The Labute approximate surface area is 112 Å². The summed E-state index contributed by atoms with van der Waals surface area (Å²) < 4.78 is 1.61. The van der Waals surface area contributed by atoms with Crippen LogP contribution in [0.3, 0.4) is 0 Å². The fourth-order valence-electron chi connectivity index (χ4n) is 1.86. The molecule has 1 rings (SSSR count). The Hall–Kier alpha value is -1.85. The summed E-state index contributed by atoms with van der Waals surface area (Å²) in [7, 11) is 0. The van der Waals surface area contributed by atoms with Gasteiger partial charge in [-0.25, -0.2) is 0 Å². The molecule has 0 fully saturated rings. The van der Waals surface area contributed by atoms with Crippen LogP contribution >= 0.6 is 0 Å². The van der Waals surface area contributed by atoms with Gasteiger partial charge in [0, 0.05) is 11.7 Å². The molecule has 0 bridgehead atoms. The molecule has 0 saturated carbocycles. The van der Waals surface area contributed by atoms with E-state index in [1.807, 2.05) is 33.8 Å². The van der Waals surface area contributed by atoms with Gasteiger partial charge in [-0.3, -0.25) is 14.3 Å². The summed E-state index contributed by atoms with van der Waals surface area (Å²) in [5.41, 5.74) is 1.77. The molecule has 19 heavy (non-hydrogen) atoms. The van der Waals surface area contributed by atoms with Gasteiger partial charge in [-0.1, -0.05) is 13.8 Å². The van der Waals surface area contributed by atoms with Crippen LogP contribution in [0.5, 0.6) is 0 Å². The van der Waals surface area contributed by atoms with Crippen molar-refractivity contribution >= 4 is 11.9 Å². The predicted octanol–water partition coefficient (Wildman–Crippen LogP) is 1.12. The summed E-state index contributed by atoms with van der Waals surface area (Å²) in [5.74, 6) is -1.06. The van der Waals surface area contributed by atoms with Crippen molar-refractivity contribution in [2.75, 3.05) is 0 Å². The number of nitrogens with one attached hydrogen (secondary N) is 1. The summed E-state index contributed by atoms with van der Waals surface area (Å²) in [5, 5.41) is 15.8. The molecule has 1 heterocycles. The highest BCUT2D eigenvalue weighted by atomic mass is 16.4. The number of carbonyl (C=O) groups excluding carboxylic acids is 1. The Morgan fingerprint density at radius 2 is 2.05 bits per heavy atom. The number of carboxylic acid groups (broad SMARTS) is 1. The lowest BCUT2D eigenvalue weighted by Crippen LogP contribution is -2.41. The number of carboxylic acids is 1. The zero-order chi connectivity index (χ0) is 14.6. The van der Waals surface area contributed by atoms with E-state index in [1.54, 1.807) is 4.68 Å². The monoisotopic (exact) mass is 267 g/mol. The predicted molar refractivity (Wildman–Crippen MR) is 70.7 cm³/mol. The van der Waals surface area contributed by atoms with Gasteiger partial charge in [-0.05, 0) is 25.8 Å². The molecule has 0 radical (unpaired) electrons. The lowest BCUT2D eigenvalue weighted by Gasteiger charge is -2.20. The van der Waals surface area contributed by atoms with Crippen LogP contribution in [-0.4, -0.2) is 32.8 Å². The fourth-order valence-corrected chi connectivity index (χ4v) is 1.86. The molecule has 0 spiro atoms. The lowest BCUT2D eigenvalue weighted by atomic mass is 10.0. The van der Waals surface area contributed by atoms with Crippen molar-refractivity contribution in [3.8, 4) is 0 Å². The van der Waals surface area contributed by atoms with Crippen molar-refractivity contribution < 1.29 is 14.7 Å². The fraction of sp³-hybridized carbons (Fsp3) is 0.615. The van der Waals surface area contributed by atoms with Gasteiger partial charge in [-0.2, -0.15) is 5.10 Å². The minimum Gasteiger partial charge on any atom is -0.481 e. The summed E-state index contributed by atoms with van der Waals surface area (Å²) >= 11 is 0. The van der Waals surface area contributed by atoms with Crippen molar-refractivity contribution in [1.82, 2.24) is 15.1 Å². The van der Waals surface area contributed by atoms with Gasteiger partial charge in [0.2, 0.25) is 5.91 Å². The molecule has 6 heteroatoms. The van der Waals surface area contributed by atoms with Crippen molar-refractivity contribution in [1.29, 1.82) is 0 Å². The van der Waals surface area contributed by atoms with Gasteiger partial charge in [-0.15, -0.1) is 0 Å². The van der Waals surface area contributed by atoms with Crippen LogP contribution in [-0.2, 0) is 16.1 Å². The van der Waals surface area contributed by atoms with Gasteiger partial charge in [0.05, 0.1) is 12.1 Å². The smallest absolute Gasteiger partial charge is 0.305 e.